The van der Waals surface area contributed by atoms with Gasteiger partial charge in [-0.2, -0.15) is 0 Å². The third kappa shape index (κ3) is 6.14. The summed E-state index contributed by atoms with van der Waals surface area (Å²) in [5.41, 5.74) is 4.89. The molecule has 0 saturated heterocycles. The predicted octanol–water partition coefficient (Wildman–Crippen LogP) is -0.513. The van der Waals surface area contributed by atoms with E-state index in [1.165, 1.54) is 0 Å². The van der Waals surface area contributed by atoms with Gasteiger partial charge in [0.2, 0.25) is 0 Å². The standard InChI is InChI=1S/C6H16N2O3Si/c1-3-10-12(11-4-2)5-8-6(7)9/h12H,3-5H2,1-2H3,(H3,7,8,9). The molecule has 6 heteroatoms. The molecule has 5 nitrogen and oxygen atoms in total. The van der Waals surface area contributed by atoms with Crippen LogP contribution in [0.1, 0.15) is 13.8 Å². The first kappa shape index (κ1) is 11.4. The predicted molar refractivity (Wildman–Crippen MR) is 48.0 cm³/mol. The zero-order valence-corrected chi connectivity index (χ0v) is 8.66. The maximum atomic E-state index is 10.3. The normalized spacial score (nSPS) is 10.2. The highest BCUT2D eigenvalue weighted by atomic mass is 28.3. The molecule has 0 fully saturated rings. The lowest BCUT2D eigenvalue weighted by Gasteiger charge is -2.14. The Hall–Kier alpha value is -0.593. The van der Waals surface area contributed by atoms with Crippen LogP contribution in [0.25, 0.3) is 0 Å². The van der Waals surface area contributed by atoms with Gasteiger partial charge >= 0.3 is 15.3 Å². The molecule has 0 rings (SSSR count). The Labute approximate surface area is 74.1 Å². The van der Waals surface area contributed by atoms with E-state index in [1.54, 1.807) is 0 Å². The van der Waals surface area contributed by atoms with Gasteiger partial charge in [0, 0.05) is 13.2 Å². The maximum Gasteiger partial charge on any atom is 0.341 e. The molecule has 3 N–H and O–H groups in total. The number of urea groups is 1. The fourth-order valence-electron chi connectivity index (χ4n) is 0.722. The molecule has 0 aliphatic carbocycles. The van der Waals surface area contributed by atoms with Crippen LogP contribution in [0.2, 0.25) is 0 Å². The minimum Gasteiger partial charge on any atom is -0.396 e. The van der Waals surface area contributed by atoms with Crippen LogP contribution in [-0.2, 0) is 8.85 Å². The lowest BCUT2D eigenvalue weighted by atomic mass is 10.9. The Morgan fingerprint density at radius 3 is 2.25 bits per heavy atom. The molecule has 0 heterocycles. The Kier molecular flexibility index (Phi) is 6.73. The lowest BCUT2D eigenvalue weighted by Crippen LogP contribution is -2.41. The summed E-state index contributed by atoms with van der Waals surface area (Å²) in [7, 11) is -1.70. The Morgan fingerprint density at radius 1 is 1.42 bits per heavy atom. The quantitative estimate of drug-likeness (QED) is 0.557. The highest BCUT2D eigenvalue weighted by molar-refractivity contribution is 6.44. The van der Waals surface area contributed by atoms with Crippen molar-refractivity contribution in [3.05, 3.63) is 0 Å². The van der Waals surface area contributed by atoms with Gasteiger partial charge in [0.05, 0.1) is 6.17 Å². The van der Waals surface area contributed by atoms with Gasteiger partial charge in [0.1, 0.15) is 0 Å². The van der Waals surface area contributed by atoms with Gasteiger partial charge in [0.25, 0.3) is 0 Å². The van der Waals surface area contributed by atoms with Gasteiger partial charge in [-0.3, -0.25) is 0 Å². The first-order valence-corrected chi connectivity index (χ1v) is 5.73. The zero-order valence-electron chi connectivity index (χ0n) is 7.50. The maximum absolute atomic E-state index is 10.3. The molecule has 0 aromatic rings. The van der Waals surface area contributed by atoms with Crippen molar-refractivity contribution in [2.24, 2.45) is 5.73 Å². The molecule has 0 aliphatic rings. The van der Waals surface area contributed by atoms with Crippen LogP contribution in [0.5, 0.6) is 0 Å². The van der Waals surface area contributed by atoms with Crippen LogP contribution in [-0.4, -0.2) is 34.7 Å². The molecule has 0 spiro atoms. The molecule has 0 radical (unpaired) electrons. The van der Waals surface area contributed by atoms with E-state index >= 15 is 0 Å². The van der Waals surface area contributed by atoms with E-state index in [2.05, 4.69) is 5.32 Å². The monoisotopic (exact) mass is 192 g/mol. The highest BCUT2D eigenvalue weighted by Crippen LogP contribution is 1.87. The van der Waals surface area contributed by atoms with Crippen LogP contribution in [0, 0.1) is 0 Å². The van der Waals surface area contributed by atoms with Crippen LogP contribution in [0.4, 0.5) is 4.79 Å². The molecule has 0 atom stereocenters. The van der Waals surface area contributed by atoms with Crippen molar-refractivity contribution < 1.29 is 13.6 Å². The van der Waals surface area contributed by atoms with Crippen molar-refractivity contribution in [2.45, 2.75) is 13.8 Å². The topological polar surface area (TPSA) is 73.6 Å². The molecule has 72 valence electrons. The number of hydrogen-bond donors (Lipinski definition) is 2. The number of carbonyl (C=O) groups excluding carboxylic acids is 1. The molecule has 0 aromatic carbocycles. The smallest absolute Gasteiger partial charge is 0.341 e. The number of primary amides is 1. The van der Waals surface area contributed by atoms with Gasteiger partial charge in [-0.1, -0.05) is 0 Å². The van der Waals surface area contributed by atoms with E-state index in [9.17, 15) is 4.79 Å². The number of rotatable bonds is 6. The molecular formula is C6H16N2O3Si. The second kappa shape index (κ2) is 7.08. The fraction of sp³-hybridized carbons (Fsp3) is 0.833. The van der Waals surface area contributed by atoms with Crippen LogP contribution < -0.4 is 11.1 Å². The van der Waals surface area contributed by atoms with Gasteiger partial charge in [0.15, 0.2) is 0 Å². The number of hydrogen-bond acceptors (Lipinski definition) is 3. The number of carbonyl (C=O) groups is 1. The summed E-state index contributed by atoms with van der Waals surface area (Å²) >= 11 is 0. The molecule has 0 saturated carbocycles. The van der Waals surface area contributed by atoms with Gasteiger partial charge in [-0.25, -0.2) is 4.79 Å². The molecule has 0 bridgehead atoms. The van der Waals surface area contributed by atoms with Crippen molar-refractivity contribution in [1.29, 1.82) is 0 Å². The van der Waals surface area contributed by atoms with Crippen molar-refractivity contribution in [1.82, 2.24) is 5.32 Å². The summed E-state index contributed by atoms with van der Waals surface area (Å²) in [6.07, 6.45) is 0.428. The second-order valence-corrected chi connectivity index (χ2v) is 4.02. The van der Waals surface area contributed by atoms with Crippen molar-refractivity contribution in [2.75, 3.05) is 19.4 Å². The Bertz CT molecular complexity index is 128. The van der Waals surface area contributed by atoms with Crippen molar-refractivity contribution >= 4 is 15.3 Å². The summed E-state index contributed by atoms with van der Waals surface area (Å²) in [6.45, 7) is 5.00. The van der Waals surface area contributed by atoms with Crippen LogP contribution >= 0.6 is 0 Å². The number of nitrogens with one attached hydrogen (secondary N) is 1. The summed E-state index contributed by atoms with van der Waals surface area (Å²) in [5.74, 6) is 0. The Balaban J connectivity index is 3.54. The van der Waals surface area contributed by atoms with E-state index in [0.29, 0.717) is 19.4 Å². The molecule has 0 aromatic heterocycles. The summed E-state index contributed by atoms with van der Waals surface area (Å²) < 4.78 is 10.6. The SMILES string of the molecule is CCO[SiH](CNC(N)=O)OCC. The number of amides is 2. The lowest BCUT2D eigenvalue weighted by molar-refractivity contribution is 0.210. The first-order chi connectivity index (χ1) is 5.70. The summed E-state index contributed by atoms with van der Waals surface area (Å²) in [5, 5.41) is 2.47. The van der Waals surface area contributed by atoms with Gasteiger partial charge in [-0.15, -0.1) is 0 Å². The number of nitrogens with two attached hydrogens (primary N) is 1. The molecule has 0 unspecified atom stereocenters. The fourth-order valence-corrected chi connectivity index (χ4v) is 2.17. The Morgan fingerprint density at radius 2 is 1.92 bits per heavy atom. The third-order valence-electron chi connectivity index (χ3n) is 1.15. The van der Waals surface area contributed by atoms with E-state index in [4.69, 9.17) is 14.6 Å². The zero-order chi connectivity index (χ0) is 9.40. The van der Waals surface area contributed by atoms with Crippen molar-refractivity contribution in [3.8, 4) is 0 Å². The van der Waals surface area contributed by atoms with Gasteiger partial charge in [-0.05, 0) is 13.8 Å². The molecule has 2 amide bonds. The van der Waals surface area contributed by atoms with Gasteiger partial charge < -0.3 is 19.9 Å². The van der Waals surface area contributed by atoms with E-state index < -0.39 is 15.3 Å². The molecular weight excluding hydrogens is 176 g/mol. The minimum atomic E-state index is -1.70. The molecule has 12 heavy (non-hydrogen) atoms. The van der Waals surface area contributed by atoms with E-state index in [0.717, 1.165) is 0 Å². The average molecular weight is 192 g/mol. The van der Waals surface area contributed by atoms with Crippen molar-refractivity contribution in [3.63, 3.8) is 0 Å². The largest absolute Gasteiger partial charge is 0.396 e. The summed E-state index contributed by atoms with van der Waals surface area (Å²) in [6, 6.07) is -0.535. The summed E-state index contributed by atoms with van der Waals surface area (Å²) in [4.78, 5) is 10.3. The van der Waals surface area contributed by atoms with Crippen LogP contribution in [0.3, 0.4) is 0 Å². The average Bonchev–Trinajstić information content (AvgIpc) is 2.01. The first-order valence-electron chi connectivity index (χ1n) is 3.97. The third-order valence-corrected chi connectivity index (χ3v) is 3.10. The van der Waals surface area contributed by atoms with Crippen LogP contribution in [0.15, 0.2) is 0 Å². The minimum absolute atomic E-state index is 0.428. The molecule has 0 aliphatic heterocycles. The van der Waals surface area contributed by atoms with E-state index in [1.807, 2.05) is 13.8 Å². The van der Waals surface area contributed by atoms with E-state index in [-0.39, 0.29) is 0 Å². The highest BCUT2D eigenvalue weighted by Gasteiger charge is 2.11. The second-order valence-electron chi connectivity index (χ2n) is 2.09.